The Balaban J connectivity index is 1.38. The summed E-state index contributed by atoms with van der Waals surface area (Å²) in [5.41, 5.74) is 0.673. The summed E-state index contributed by atoms with van der Waals surface area (Å²) < 4.78 is 10.8. The van der Waals surface area contributed by atoms with E-state index >= 15 is 0 Å². The van der Waals surface area contributed by atoms with E-state index in [2.05, 4.69) is 10.2 Å². The molecule has 150 valence electrons. The summed E-state index contributed by atoms with van der Waals surface area (Å²) in [5, 5.41) is 7.80. The van der Waals surface area contributed by atoms with Gasteiger partial charge in [-0.25, -0.2) is 0 Å². The molecule has 1 aromatic carbocycles. The van der Waals surface area contributed by atoms with Crippen LogP contribution in [0.5, 0.6) is 11.8 Å². The second-order valence-corrected chi connectivity index (χ2v) is 6.88. The lowest BCUT2D eigenvalue weighted by Gasteiger charge is -2.33. The number of hydrogen-bond donors (Lipinski definition) is 0. The van der Waals surface area contributed by atoms with E-state index < -0.39 is 11.8 Å². The van der Waals surface area contributed by atoms with Gasteiger partial charge in [-0.1, -0.05) is 12.1 Å². The fraction of sp³-hybridized carbons (Fsp3) is 0.350. The first-order valence-corrected chi connectivity index (χ1v) is 9.34. The molecule has 0 saturated carbocycles. The maximum absolute atomic E-state index is 12.8. The highest BCUT2D eigenvalue weighted by molar-refractivity contribution is 6.22. The second-order valence-electron chi connectivity index (χ2n) is 6.88. The minimum Gasteiger partial charge on any atom is -0.480 e. The van der Waals surface area contributed by atoms with E-state index in [9.17, 15) is 14.4 Å². The Morgan fingerprint density at radius 2 is 1.72 bits per heavy atom. The number of benzene rings is 1. The van der Waals surface area contributed by atoms with Crippen LogP contribution in [-0.4, -0.2) is 70.6 Å². The summed E-state index contributed by atoms with van der Waals surface area (Å²) in [4.78, 5) is 40.3. The minimum atomic E-state index is -0.433. The SMILES string of the molecule is COc1ccc(OC2CCCN(C(=O)CN3C(=O)c4ccccc4C3=O)C2)nn1. The molecule has 9 heteroatoms. The predicted molar refractivity (Wildman–Crippen MR) is 101 cm³/mol. The molecule has 0 spiro atoms. The highest BCUT2D eigenvalue weighted by atomic mass is 16.5. The molecule has 0 radical (unpaired) electrons. The van der Waals surface area contributed by atoms with Crippen molar-refractivity contribution < 1.29 is 23.9 Å². The zero-order valence-corrected chi connectivity index (χ0v) is 15.9. The van der Waals surface area contributed by atoms with Crippen molar-refractivity contribution in [2.24, 2.45) is 0 Å². The fourth-order valence-electron chi connectivity index (χ4n) is 3.53. The van der Waals surface area contributed by atoms with Crippen LogP contribution in [-0.2, 0) is 4.79 Å². The van der Waals surface area contributed by atoms with Crippen molar-refractivity contribution in [1.82, 2.24) is 20.0 Å². The molecule has 1 aromatic heterocycles. The zero-order chi connectivity index (χ0) is 20.4. The normalized spacial score (nSPS) is 18.6. The van der Waals surface area contributed by atoms with Crippen molar-refractivity contribution >= 4 is 17.7 Å². The van der Waals surface area contributed by atoms with Gasteiger partial charge in [-0.15, -0.1) is 10.2 Å². The van der Waals surface area contributed by atoms with Crippen LogP contribution in [0.1, 0.15) is 33.6 Å². The van der Waals surface area contributed by atoms with Crippen LogP contribution >= 0.6 is 0 Å². The predicted octanol–water partition coefficient (Wildman–Crippen LogP) is 1.15. The molecule has 4 rings (SSSR count). The van der Waals surface area contributed by atoms with Crippen LogP contribution in [0.25, 0.3) is 0 Å². The van der Waals surface area contributed by atoms with Gasteiger partial charge in [0.1, 0.15) is 12.6 Å². The molecule has 1 unspecified atom stereocenters. The van der Waals surface area contributed by atoms with Gasteiger partial charge in [0.15, 0.2) is 0 Å². The highest BCUT2D eigenvalue weighted by Gasteiger charge is 2.37. The molecule has 9 nitrogen and oxygen atoms in total. The summed E-state index contributed by atoms with van der Waals surface area (Å²) in [5.74, 6) is -0.410. The van der Waals surface area contributed by atoms with E-state index in [0.29, 0.717) is 36.0 Å². The van der Waals surface area contributed by atoms with Crippen LogP contribution in [0, 0.1) is 0 Å². The largest absolute Gasteiger partial charge is 0.480 e. The number of amides is 3. The first-order chi connectivity index (χ1) is 14.1. The van der Waals surface area contributed by atoms with Gasteiger partial charge in [-0.2, -0.15) is 0 Å². The number of imide groups is 1. The summed E-state index contributed by atoms with van der Waals surface area (Å²) in [6, 6.07) is 9.90. The number of likely N-dealkylation sites (tertiary alicyclic amines) is 1. The van der Waals surface area contributed by atoms with Crippen molar-refractivity contribution in [2.45, 2.75) is 18.9 Å². The van der Waals surface area contributed by atoms with Gasteiger partial charge in [0, 0.05) is 18.7 Å². The lowest BCUT2D eigenvalue weighted by molar-refractivity contribution is -0.134. The van der Waals surface area contributed by atoms with Gasteiger partial charge < -0.3 is 14.4 Å². The van der Waals surface area contributed by atoms with Gasteiger partial charge in [0.2, 0.25) is 17.7 Å². The van der Waals surface area contributed by atoms with Crippen LogP contribution in [0.15, 0.2) is 36.4 Å². The molecular formula is C20H20N4O5. The van der Waals surface area contributed by atoms with Crippen molar-refractivity contribution in [3.05, 3.63) is 47.5 Å². The molecule has 2 aliphatic rings. The van der Waals surface area contributed by atoms with E-state index in [1.807, 2.05) is 0 Å². The third kappa shape index (κ3) is 3.75. The molecule has 29 heavy (non-hydrogen) atoms. The topological polar surface area (TPSA) is 102 Å². The van der Waals surface area contributed by atoms with E-state index in [1.165, 1.54) is 7.11 Å². The number of fused-ring (bicyclic) bond motifs is 1. The van der Waals surface area contributed by atoms with Crippen LogP contribution in [0.3, 0.4) is 0 Å². The number of aromatic nitrogens is 2. The lowest BCUT2D eigenvalue weighted by atomic mass is 10.1. The standard InChI is InChI=1S/C20H20N4O5/c1-28-16-8-9-17(22-21-16)29-13-5-4-10-23(11-13)18(25)12-24-19(26)14-6-2-3-7-15(14)20(24)27/h2-3,6-9,13H,4-5,10-12H2,1H3. The van der Waals surface area contributed by atoms with Gasteiger partial charge in [-0.05, 0) is 25.0 Å². The number of methoxy groups -OCH3 is 1. The Bertz CT molecular complexity index is 911. The molecule has 2 aromatic rings. The molecule has 3 heterocycles. The number of rotatable bonds is 5. The first-order valence-electron chi connectivity index (χ1n) is 9.34. The van der Waals surface area contributed by atoms with E-state index in [0.717, 1.165) is 17.7 Å². The van der Waals surface area contributed by atoms with Crippen molar-refractivity contribution in [3.63, 3.8) is 0 Å². The summed E-state index contributed by atoms with van der Waals surface area (Å²) in [6.45, 7) is 0.632. The average molecular weight is 396 g/mol. The molecule has 1 saturated heterocycles. The number of carbonyl (C=O) groups excluding carboxylic acids is 3. The first kappa shape index (κ1) is 18.9. The van der Waals surface area contributed by atoms with Gasteiger partial charge >= 0.3 is 0 Å². The summed E-state index contributed by atoms with van der Waals surface area (Å²) in [7, 11) is 1.50. The third-order valence-electron chi connectivity index (χ3n) is 5.01. The van der Waals surface area contributed by atoms with Gasteiger partial charge in [-0.3, -0.25) is 19.3 Å². The Morgan fingerprint density at radius 1 is 1.07 bits per heavy atom. The summed E-state index contributed by atoms with van der Waals surface area (Å²) in [6.07, 6.45) is 1.28. The van der Waals surface area contributed by atoms with Crippen LogP contribution in [0.2, 0.25) is 0 Å². The van der Waals surface area contributed by atoms with E-state index in [-0.39, 0.29) is 18.6 Å². The Morgan fingerprint density at radius 3 is 2.34 bits per heavy atom. The average Bonchev–Trinajstić information content (AvgIpc) is 2.99. The van der Waals surface area contributed by atoms with Gasteiger partial charge in [0.25, 0.3) is 11.8 Å². The lowest BCUT2D eigenvalue weighted by Crippen LogP contribution is -2.49. The highest BCUT2D eigenvalue weighted by Crippen LogP contribution is 2.23. The molecule has 0 N–H and O–H groups in total. The second kappa shape index (κ2) is 7.86. The molecule has 2 aliphatic heterocycles. The number of ether oxygens (including phenoxy) is 2. The third-order valence-corrected chi connectivity index (χ3v) is 5.01. The monoisotopic (exact) mass is 396 g/mol. The van der Waals surface area contributed by atoms with Crippen LogP contribution in [0.4, 0.5) is 0 Å². The minimum absolute atomic E-state index is 0.238. The molecule has 3 amide bonds. The van der Waals surface area contributed by atoms with Crippen molar-refractivity contribution in [3.8, 4) is 11.8 Å². The Labute approximate surface area is 167 Å². The molecule has 1 atom stereocenters. The molecular weight excluding hydrogens is 376 g/mol. The smallest absolute Gasteiger partial charge is 0.262 e. The molecule has 1 fully saturated rings. The molecule has 0 bridgehead atoms. The summed E-state index contributed by atoms with van der Waals surface area (Å²) >= 11 is 0. The Kier molecular flexibility index (Phi) is 5.11. The number of nitrogens with zero attached hydrogens (tertiary/aromatic N) is 4. The van der Waals surface area contributed by atoms with E-state index in [1.54, 1.807) is 41.3 Å². The fourth-order valence-corrected chi connectivity index (χ4v) is 3.53. The number of hydrogen-bond acceptors (Lipinski definition) is 7. The Hall–Kier alpha value is -3.49. The zero-order valence-electron chi connectivity index (χ0n) is 15.9. The van der Waals surface area contributed by atoms with Crippen LogP contribution < -0.4 is 9.47 Å². The maximum atomic E-state index is 12.8. The maximum Gasteiger partial charge on any atom is 0.262 e. The van der Waals surface area contributed by atoms with Gasteiger partial charge in [0.05, 0.1) is 24.8 Å². The number of carbonyl (C=O) groups is 3. The number of piperidine rings is 1. The quantitative estimate of drug-likeness (QED) is 0.699. The van der Waals surface area contributed by atoms with E-state index in [4.69, 9.17) is 9.47 Å². The van der Waals surface area contributed by atoms with Crippen molar-refractivity contribution in [1.29, 1.82) is 0 Å². The molecule has 0 aliphatic carbocycles. The van der Waals surface area contributed by atoms with Crippen molar-refractivity contribution in [2.75, 3.05) is 26.7 Å².